The van der Waals surface area contributed by atoms with E-state index in [4.69, 9.17) is 4.74 Å². The number of hydrogen-bond donors (Lipinski definition) is 1. The number of halogens is 1. The Balaban J connectivity index is 1.23. The average molecular weight is 396 g/mol. The fourth-order valence-corrected chi connectivity index (χ4v) is 4.40. The number of aromatic amines is 1. The Hall–Kier alpha value is -3.00. The van der Waals surface area contributed by atoms with Crippen LogP contribution in [-0.4, -0.2) is 45.0 Å². The van der Waals surface area contributed by atoms with Crippen LogP contribution in [0.3, 0.4) is 0 Å². The fraction of sp³-hybridized carbons (Fsp3) is 0.250. The lowest BCUT2D eigenvalue weighted by atomic mass is 10.1. The third-order valence-corrected chi connectivity index (χ3v) is 5.90. The zero-order chi connectivity index (χ0) is 19.1. The van der Waals surface area contributed by atoms with E-state index in [1.165, 1.54) is 23.5 Å². The van der Waals surface area contributed by atoms with Crippen molar-refractivity contribution in [2.24, 2.45) is 0 Å². The van der Waals surface area contributed by atoms with E-state index in [0.717, 1.165) is 34.1 Å². The molecule has 0 saturated carbocycles. The molecule has 1 saturated heterocycles. The van der Waals surface area contributed by atoms with Crippen LogP contribution >= 0.6 is 11.3 Å². The molecule has 0 unspecified atom stereocenters. The summed E-state index contributed by atoms with van der Waals surface area (Å²) < 4.78 is 20.1. The summed E-state index contributed by atoms with van der Waals surface area (Å²) in [5.41, 5.74) is 3.10. The smallest absolute Gasteiger partial charge is 0.274 e. The SMILES string of the molecule is O=C(c1ccc2nc[nH]c2c1)N1CCC(Oc2nc3ccc(F)cc3s2)CC1. The molecule has 1 fully saturated rings. The molecule has 0 aliphatic carbocycles. The summed E-state index contributed by atoms with van der Waals surface area (Å²) in [5.74, 6) is -0.256. The lowest BCUT2D eigenvalue weighted by molar-refractivity contribution is 0.0595. The minimum atomic E-state index is -0.275. The van der Waals surface area contributed by atoms with Crippen molar-refractivity contribution in [2.75, 3.05) is 13.1 Å². The monoisotopic (exact) mass is 396 g/mol. The second kappa shape index (κ2) is 6.87. The number of ether oxygens (including phenoxy) is 1. The van der Waals surface area contributed by atoms with E-state index in [1.807, 2.05) is 23.1 Å². The maximum absolute atomic E-state index is 13.3. The number of thiazole rings is 1. The number of imidazole rings is 1. The molecule has 3 heterocycles. The van der Waals surface area contributed by atoms with Crippen molar-refractivity contribution in [1.82, 2.24) is 19.9 Å². The minimum Gasteiger partial charge on any atom is -0.467 e. The first-order chi connectivity index (χ1) is 13.7. The van der Waals surface area contributed by atoms with Gasteiger partial charge in [-0.15, -0.1) is 0 Å². The Kier molecular flexibility index (Phi) is 4.20. The third-order valence-electron chi connectivity index (χ3n) is 4.99. The first kappa shape index (κ1) is 17.1. The van der Waals surface area contributed by atoms with Crippen LogP contribution in [0.4, 0.5) is 4.39 Å². The summed E-state index contributed by atoms with van der Waals surface area (Å²) in [5, 5.41) is 0.551. The van der Waals surface area contributed by atoms with Gasteiger partial charge in [0, 0.05) is 31.5 Å². The van der Waals surface area contributed by atoms with Gasteiger partial charge in [-0.3, -0.25) is 4.79 Å². The van der Waals surface area contributed by atoms with Gasteiger partial charge < -0.3 is 14.6 Å². The highest BCUT2D eigenvalue weighted by Gasteiger charge is 2.25. The van der Waals surface area contributed by atoms with Crippen LogP contribution in [0.25, 0.3) is 21.3 Å². The summed E-state index contributed by atoms with van der Waals surface area (Å²) in [4.78, 5) is 26.3. The van der Waals surface area contributed by atoms with Gasteiger partial charge in [-0.05, 0) is 36.4 Å². The van der Waals surface area contributed by atoms with Gasteiger partial charge in [-0.25, -0.2) is 14.4 Å². The van der Waals surface area contributed by atoms with E-state index in [2.05, 4.69) is 15.0 Å². The van der Waals surface area contributed by atoms with E-state index >= 15 is 0 Å². The molecule has 1 aliphatic heterocycles. The molecule has 2 aromatic carbocycles. The molecule has 5 rings (SSSR count). The Morgan fingerprint density at radius 3 is 2.86 bits per heavy atom. The van der Waals surface area contributed by atoms with Crippen molar-refractivity contribution in [1.29, 1.82) is 0 Å². The Bertz CT molecular complexity index is 1160. The van der Waals surface area contributed by atoms with E-state index in [9.17, 15) is 9.18 Å². The standard InChI is InChI=1S/C20H17FN4O2S/c21-13-2-4-16-18(10-13)28-20(24-16)27-14-5-7-25(8-6-14)19(26)12-1-3-15-17(9-12)23-11-22-15/h1-4,9-11,14H,5-8H2,(H,22,23). The summed E-state index contributed by atoms with van der Waals surface area (Å²) in [6, 6.07) is 10.0. The first-order valence-electron chi connectivity index (χ1n) is 9.11. The number of likely N-dealkylation sites (tertiary alicyclic amines) is 1. The number of nitrogens with zero attached hydrogens (tertiary/aromatic N) is 3. The Morgan fingerprint density at radius 2 is 2.00 bits per heavy atom. The van der Waals surface area contributed by atoms with E-state index in [-0.39, 0.29) is 17.8 Å². The zero-order valence-electron chi connectivity index (χ0n) is 14.9. The van der Waals surface area contributed by atoms with Crippen LogP contribution in [0, 0.1) is 5.82 Å². The molecule has 0 bridgehead atoms. The molecule has 2 aromatic heterocycles. The topological polar surface area (TPSA) is 71.1 Å². The molecule has 28 heavy (non-hydrogen) atoms. The summed E-state index contributed by atoms with van der Waals surface area (Å²) in [7, 11) is 0. The van der Waals surface area contributed by atoms with E-state index in [0.29, 0.717) is 23.8 Å². The second-order valence-corrected chi connectivity index (χ2v) is 7.83. The number of fused-ring (bicyclic) bond motifs is 2. The molecule has 1 aliphatic rings. The molecule has 0 spiro atoms. The summed E-state index contributed by atoms with van der Waals surface area (Å²) in [6.45, 7) is 1.26. The first-order valence-corrected chi connectivity index (χ1v) is 9.92. The van der Waals surface area contributed by atoms with Gasteiger partial charge in [0.15, 0.2) is 0 Å². The van der Waals surface area contributed by atoms with Crippen molar-refractivity contribution < 1.29 is 13.9 Å². The van der Waals surface area contributed by atoms with Crippen LogP contribution in [0.15, 0.2) is 42.7 Å². The summed E-state index contributed by atoms with van der Waals surface area (Å²) in [6.07, 6.45) is 3.10. The highest BCUT2D eigenvalue weighted by atomic mass is 32.1. The van der Waals surface area contributed by atoms with Crippen molar-refractivity contribution in [3.05, 3.63) is 54.1 Å². The average Bonchev–Trinajstić information content (AvgIpc) is 3.33. The number of nitrogens with one attached hydrogen (secondary N) is 1. The van der Waals surface area contributed by atoms with Gasteiger partial charge in [-0.1, -0.05) is 11.3 Å². The Labute approximate surface area is 164 Å². The number of benzene rings is 2. The van der Waals surface area contributed by atoms with Crippen molar-refractivity contribution in [3.63, 3.8) is 0 Å². The zero-order valence-corrected chi connectivity index (χ0v) is 15.7. The molecule has 142 valence electrons. The number of H-pyrrole nitrogens is 1. The van der Waals surface area contributed by atoms with Crippen LogP contribution < -0.4 is 4.74 Å². The summed E-state index contributed by atoms with van der Waals surface area (Å²) >= 11 is 1.35. The lowest BCUT2D eigenvalue weighted by Crippen LogP contribution is -2.41. The molecule has 1 amide bonds. The van der Waals surface area contributed by atoms with Crippen LogP contribution in [0.5, 0.6) is 5.19 Å². The van der Waals surface area contributed by atoms with Crippen molar-refractivity contribution >= 4 is 38.5 Å². The highest BCUT2D eigenvalue weighted by Crippen LogP contribution is 2.30. The van der Waals surface area contributed by atoms with Crippen molar-refractivity contribution in [3.8, 4) is 5.19 Å². The molecule has 4 aromatic rings. The predicted octanol–water partition coefficient (Wildman–Crippen LogP) is 4.00. The van der Waals surface area contributed by atoms with Crippen LogP contribution in [0.2, 0.25) is 0 Å². The number of hydrogen-bond acceptors (Lipinski definition) is 5. The number of piperidine rings is 1. The molecule has 0 atom stereocenters. The van der Waals surface area contributed by atoms with E-state index in [1.54, 1.807) is 12.4 Å². The third kappa shape index (κ3) is 3.20. The lowest BCUT2D eigenvalue weighted by Gasteiger charge is -2.31. The predicted molar refractivity (Wildman–Crippen MR) is 105 cm³/mol. The number of carbonyl (C=O) groups is 1. The molecule has 6 nitrogen and oxygen atoms in total. The largest absolute Gasteiger partial charge is 0.467 e. The normalized spacial score (nSPS) is 15.4. The molecular weight excluding hydrogens is 379 g/mol. The van der Waals surface area contributed by atoms with Crippen LogP contribution in [-0.2, 0) is 0 Å². The maximum Gasteiger partial charge on any atom is 0.274 e. The van der Waals surface area contributed by atoms with Gasteiger partial charge >= 0.3 is 0 Å². The molecule has 8 heteroatoms. The quantitative estimate of drug-likeness (QED) is 0.568. The van der Waals surface area contributed by atoms with Gasteiger partial charge in [0.05, 0.1) is 27.6 Å². The molecular formula is C20H17FN4O2S. The number of aromatic nitrogens is 3. The number of amides is 1. The second-order valence-electron chi connectivity index (χ2n) is 6.84. The van der Waals surface area contributed by atoms with Gasteiger partial charge in [0.25, 0.3) is 11.1 Å². The van der Waals surface area contributed by atoms with Crippen molar-refractivity contribution in [2.45, 2.75) is 18.9 Å². The molecule has 1 N–H and O–H groups in total. The number of rotatable bonds is 3. The minimum absolute atomic E-state index is 0.00421. The van der Waals surface area contributed by atoms with Crippen LogP contribution in [0.1, 0.15) is 23.2 Å². The van der Waals surface area contributed by atoms with Gasteiger partial charge in [0.2, 0.25) is 0 Å². The fourth-order valence-electron chi connectivity index (χ4n) is 3.50. The number of carbonyl (C=O) groups excluding carboxylic acids is 1. The highest BCUT2D eigenvalue weighted by molar-refractivity contribution is 7.20. The Morgan fingerprint density at radius 1 is 1.18 bits per heavy atom. The van der Waals surface area contributed by atoms with E-state index < -0.39 is 0 Å². The molecule has 0 radical (unpaired) electrons. The van der Waals surface area contributed by atoms with Gasteiger partial charge in [0.1, 0.15) is 11.9 Å². The van der Waals surface area contributed by atoms with Gasteiger partial charge in [-0.2, -0.15) is 0 Å². The maximum atomic E-state index is 13.3.